The van der Waals surface area contributed by atoms with E-state index in [1.807, 2.05) is 20.2 Å². The minimum Gasteiger partial charge on any atom is -0.313 e. The molecule has 0 radical (unpaired) electrons. The first-order chi connectivity index (χ1) is 9.60. The molecule has 1 atom stereocenters. The predicted octanol–water partition coefficient (Wildman–Crippen LogP) is 4.02. The molecular formula is C18H24N2. The molecule has 0 saturated carbocycles. The van der Waals surface area contributed by atoms with Gasteiger partial charge in [0, 0.05) is 17.9 Å². The maximum atomic E-state index is 4.39. The molecule has 0 saturated heterocycles. The lowest BCUT2D eigenvalue weighted by atomic mass is 9.97. The average molecular weight is 268 g/mol. The third-order valence-corrected chi connectivity index (χ3v) is 3.77. The average Bonchev–Trinajstić information content (AvgIpc) is 2.46. The van der Waals surface area contributed by atoms with Crippen LogP contribution in [0.25, 0.3) is 0 Å². The van der Waals surface area contributed by atoms with Crippen molar-refractivity contribution in [1.82, 2.24) is 10.3 Å². The Hall–Kier alpha value is -1.67. The molecule has 0 bridgehead atoms. The predicted molar refractivity (Wildman–Crippen MR) is 85.0 cm³/mol. The van der Waals surface area contributed by atoms with Crippen LogP contribution in [0.3, 0.4) is 0 Å². The van der Waals surface area contributed by atoms with E-state index in [9.17, 15) is 0 Å². The van der Waals surface area contributed by atoms with Gasteiger partial charge in [0.2, 0.25) is 0 Å². The van der Waals surface area contributed by atoms with Gasteiger partial charge >= 0.3 is 0 Å². The molecule has 20 heavy (non-hydrogen) atoms. The van der Waals surface area contributed by atoms with E-state index < -0.39 is 0 Å². The standard InChI is InChI=1S/C18H24N2/c1-13(2)16-9-6-15(7-10-16)11-18(19-4)17-8-5-14(3)20-12-17/h5-10,12-13,18-19H,11H2,1-4H3. The van der Waals surface area contributed by atoms with Gasteiger partial charge in [0.05, 0.1) is 0 Å². The molecule has 2 nitrogen and oxygen atoms in total. The van der Waals surface area contributed by atoms with Crippen LogP contribution in [0, 0.1) is 6.92 Å². The zero-order valence-corrected chi connectivity index (χ0v) is 12.9. The molecule has 1 aromatic heterocycles. The van der Waals surface area contributed by atoms with Gasteiger partial charge in [-0.3, -0.25) is 4.98 Å². The minimum absolute atomic E-state index is 0.313. The highest BCUT2D eigenvalue weighted by Gasteiger charge is 2.10. The number of aryl methyl sites for hydroxylation is 1. The Morgan fingerprint density at radius 1 is 1.00 bits per heavy atom. The summed E-state index contributed by atoms with van der Waals surface area (Å²) in [6.07, 6.45) is 2.96. The van der Waals surface area contributed by atoms with Crippen molar-refractivity contribution in [2.24, 2.45) is 0 Å². The van der Waals surface area contributed by atoms with E-state index in [1.165, 1.54) is 16.7 Å². The number of aromatic nitrogens is 1. The largest absolute Gasteiger partial charge is 0.313 e. The van der Waals surface area contributed by atoms with E-state index in [4.69, 9.17) is 0 Å². The van der Waals surface area contributed by atoms with Gasteiger partial charge in [0.15, 0.2) is 0 Å². The van der Waals surface area contributed by atoms with Gasteiger partial charge < -0.3 is 5.32 Å². The molecule has 106 valence electrons. The maximum absolute atomic E-state index is 4.39. The second-order valence-corrected chi connectivity index (χ2v) is 5.67. The molecule has 1 N–H and O–H groups in total. The smallest absolute Gasteiger partial charge is 0.0373 e. The van der Waals surface area contributed by atoms with Crippen LogP contribution >= 0.6 is 0 Å². The molecule has 0 aliphatic carbocycles. The van der Waals surface area contributed by atoms with Crippen molar-refractivity contribution in [1.29, 1.82) is 0 Å². The van der Waals surface area contributed by atoms with Gasteiger partial charge in [-0.15, -0.1) is 0 Å². The number of benzene rings is 1. The molecule has 1 unspecified atom stereocenters. The normalized spacial score (nSPS) is 12.7. The van der Waals surface area contributed by atoms with Crippen LogP contribution in [0.5, 0.6) is 0 Å². The Kier molecular flexibility index (Phi) is 4.91. The summed E-state index contributed by atoms with van der Waals surface area (Å²) >= 11 is 0. The van der Waals surface area contributed by atoms with E-state index >= 15 is 0 Å². The molecule has 1 aromatic carbocycles. The van der Waals surface area contributed by atoms with Crippen molar-refractivity contribution in [3.8, 4) is 0 Å². The van der Waals surface area contributed by atoms with Gasteiger partial charge in [-0.1, -0.05) is 44.2 Å². The van der Waals surface area contributed by atoms with Crippen molar-refractivity contribution in [3.63, 3.8) is 0 Å². The Balaban J connectivity index is 2.11. The second kappa shape index (κ2) is 6.67. The number of nitrogens with one attached hydrogen (secondary N) is 1. The Morgan fingerprint density at radius 2 is 1.65 bits per heavy atom. The number of nitrogens with zero attached hydrogens (tertiary/aromatic N) is 1. The van der Waals surface area contributed by atoms with Gasteiger partial charge in [0.25, 0.3) is 0 Å². The molecular weight excluding hydrogens is 244 g/mol. The maximum Gasteiger partial charge on any atom is 0.0373 e. The summed E-state index contributed by atoms with van der Waals surface area (Å²) in [6.45, 7) is 6.47. The molecule has 0 aliphatic rings. The van der Waals surface area contributed by atoms with Gasteiger partial charge in [-0.05, 0) is 49.1 Å². The van der Waals surface area contributed by atoms with Crippen molar-refractivity contribution in [3.05, 3.63) is 65.0 Å². The Labute approximate surface area is 122 Å². The lowest BCUT2D eigenvalue weighted by Crippen LogP contribution is -2.19. The van der Waals surface area contributed by atoms with E-state index in [2.05, 4.69) is 60.5 Å². The zero-order valence-electron chi connectivity index (χ0n) is 12.9. The summed E-state index contributed by atoms with van der Waals surface area (Å²) in [5.41, 5.74) is 5.05. The Bertz CT molecular complexity index is 526. The molecule has 0 fully saturated rings. The van der Waals surface area contributed by atoms with Gasteiger partial charge in [0.1, 0.15) is 0 Å². The van der Waals surface area contributed by atoms with Crippen molar-refractivity contribution >= 4 is 0 Å². The summed E-state index contributed by atoms with van der Waals surface area (Å²) in [4.78, 5) is 4.39. The number of pyridine rings is 1. The first-order valence-corrected chi connectivity index (χ1v) is 7.29. The highest BCUT2D eigenvalue weighted by Crippen LogP contribution is 2.20. The summed E-state index contributed by atoms with van der Waals surface area (Å²) in [5.74, 6) is 0.588. The van der Waals surface area contributed by atoms with Crippen molar-refractivity contribution < 1.29 is 0 Å². The van der Waals surface area contributed by atoms with Crippen LogP contribution < -0.4 is 5.32 Å². The highest BCUT2D eigenvalue weighted by molar-refractivity contribution is 5.27. The first-order valence-electron chi connectivity index (χ1n) is 7.29. The molecule has 0 aliphatic heterocycles. The molecule has 0 amide bonds. The van der Waals surface area contributed by atoms with Crippen LogP contribution in [0.1, 0.15) is 48.2 Å². The molecule has 2 heteroatoms. The van der Waals surface area contributed by atoms with E-state index in [-0.39, 0.29) is 0 Å². The minimum atomic E-state index is 0.313. The molecule has 2 rings (SSSR count). The fourth-order valence-electron chi connectivity index (χ4n) is 2.35. The lowest BCUT2D eigenvalue weighted by Gasteiger charge is -2.17. The van der Waals surface area contributed by atoms with E-state index in [1.54, 1.807) is 0 Å². The summed E-state index contributed by atoms with van der Waals surface area (Å²) in [5, 5.41) is 3.38. The third kappa shape index (κ3) is 3.67. The number of hydrogen-bond donors (Lipinski definition) is 1. The number of likely N-dealkylation sites (N-methyl/N-ethyl adjacent to an activating group) is 1. The van der Waals surface area contributed by atoms with Crippen molar-refractivity contribution in [2.45, 2.75) is 39.2 Å². The van der Waals surface area contributed by atoms with Crippen molar-refractivity contribution in [2.75, 3.05) is 7.05 Å². The SMILES string of the molecule is CNC(Cc1ccc(C(C)C)cc1)c1ccc(C)nc1. The van der Waals surface area contributed by atoms with Crippen LogP contribution in [0.15, 0.2) is 42.6 Å². The molecule has 2 aromatic rings. The van der Waals surface area contributed by atoms with E-state index in [0.29, 0.717) is 12.0 Å². The van der Waals surface area contributed by atoms with Gasteiger partial charge in [-0.2, -0.15) is 0 Å². The lowest BCUT2D eigenvalue weighted by molar-refractivity contribution is 0.589. The summed E-state index contributed by atoms with van der Waals surface area (Å²) < 4.78 is 0. The topological polar surface area (TPSA) is 24.9 Å². The third-order valence-electron chi connectivity index (χ3n) is 3.77. The monoisotopic (exact) mass is 268 g/mol. The van der Waals surface area contributed by atoms with Crippen LogP contribution in [-0.4, -0.2) is 12.0 Å². The van der Waals surface area contributed by atoms with Crippen LogP contribution in [0.2, 0.25) is 0 Å². The van der Waals surface area contributed by atoms with Crippen LogP contribution in [-0.2, 0) is 6.42 Å². The highest BCUT2D eigenvalue weighted by atomic mass is 14.9. The quantitative estimate of drug-likeness (QED) is 0.886. The summed E-state index contributed by atoms with van der Waals surface area (Å²) in [7, 11) is 2.01. The second-order valence-electron chi connectivity index (χ2n) is 5.67. The Morgan fingerprint density at radius 3 is 2.15 bits per heavy atom. The molecule has 0 spiro atoms. The number of hydrogen-bond acceptors (Lipinski definition) is 2. The zero-order chi connectivity index (χ0) is 14.5. The molecule has 1 heterocycles. The fraction of sp³-hybridized carbons (Fsp3) is 0.389. The van der Waals surface area contributed by atoms with E-state index in [0.717, 1.165) is 12.1 Å². The van der Waals surface area contributed by atoms with Gasteiger partial charge in [-0.25, -0.2) is 0 Å². The first kappa shape index (κ1) is 14.7. The number of rotatable bonds is 5. The van der Waals surface area contributed by atoms with Crippen LogP contribution in [0.4, 0.5) is 0 Å². The fourth-order valence-corrected chi connectivity index (χ4v) is 2.35. The summed E-state index contributed by atoms with van der Waals surface area (Å²) in [6, 6.07) is 13.5.